The molecule has 0 fully saturated rings. The van der Waals surface area contributed by atoms with E-state index in [0.29, 0.717) is 12.0 Å². The van der Waals surface area contributed by atoms with Gasteiger partial charge in [-0.1, -0.05) is 50.3 Å². The van der Waals surface area contributed by atoms with Crippen LogP contribution in [0.5, 0.6) is 0 Å². The fourth-order valence-corrected chi connectivity index (χ4v) is 2.25. The molecule has 1 aromatic rings. The van der Waals surface area contributed by atoms with Gasteiger partial charge in [0.15, 0.2) is 0 Å². The number of allylic oxidation sites excluding steroid dienone is 1. The standard InChI is InChI=1S/C16H23N/c1-13(2)15-10-8-14(9-11-15)12-17-16-6-4-3-5-7-16/h4,6,8-11,13,16-17H,3,5,7,12H2,1-2H3. The normalized spacial score (nSPS) is 19.8. The van der Waals surface area contributed by atoms with Gasteiger partial charge in [-0.05, 0) is 36.3 Å². The van der Waals surface area contributed by atoms with E-state index >= 15 is 0 Å². The molecule has 1 unspecified atom stereocenters. The fourth-order valence-electron chi connectivity index (χ4n) is 2.25. The SMILES string of the molecule is CC(C)c1ccc(CNC2C=CCCC2)cc1. The summed E-state index contributed by atoms with van der Waals surface area (Å²) in [6.45, 7) is 5.45. The molecule has 0 bridgehead atoms. The summed E-state index contributed by atoms with van der Waals surface area (Å²) in [4.78, 5) is 0. The summed E-state index contributed by atoms with van der Waals surface area (Å²) in [5.41, 5.74) is 2.81. The Bertz CT molecular complexity index is 362. The summed E-state index contributed by atoms with van der Waals surface area (Å²) in [6, 6.07) is 9.56. The van der Waals surface area contributed by atoms with Crippen LogP contribution in [-0.2, 0) is 6.54 Å². The highest BCUT2D eigenvalue weighted by Gasteiger charge is 2.07. The second kappa shape index (κ2) is 6.02. The van der Waals surface area contributed by atoms with E-state index in [9.17, 15) is 0 Å². The number of hydrogen-bond acceptors (Lipinski definition) is 1. The predicted molar refractivity (Wildman–Crippen MR) is 74.1 cm³/mol. The zero-order chi connectivity index (χ0) is 12.1. The second-order valence-corrected chi connectivity index (χ2v) is 5.24. The summed E-state index contributed by atoms with van der Waals surface area (Å²) in [5.74, 6) is 0.623. The lowest BCUT2D eigenvalue weighted by Gasteiger charge is -2.18. The first kappa shape index (κ1) is 12.4. The Morgan fingerprint density at radius 1 is 1.24 bits per heavy atom. The van der Waals surface area contributed by atoms with Gasteiger partial charge in [0, 0.05) is 12.6 Å². The third-order valence-electron chi connectivity index (χ3n) is 3.47. The van der Waals surface area contributed by atoms with Crippen molar-refractivity contribution in [2.75, 3.05) is 0 Å². The van der Waals surface area contributed by atoms with Crippen molar-refractivity contribution in [2.45, 2.75) is 51.6 Å². The molecule has 0 saturated heterocycles. The van der Waals surface area contributed by atoms with Crippen LogP contribution in [0.3, 0.4) is 0 Å². The number of benzene rings is 1. The van der Waals surface area contributed by atoms with Gasteiger partial charge in [0.05, 0.1) is 0 Å². The molecule has 0 amide bonds. The summed E-state index contributed by atoms with van der Waals surface area (Å²) in [6.07, 6.45) is 8.46. The Morgan fingerprint density at radius 2 is 2.00 bits per heavy atom. The predicted octanol–water partition coefficient (Wildman–Crippen LogP) is 4.01. The van der Waals surface area contributed by atoms with Crippen molar-refractivity contribution in [1.29, 1.82) is 0 Å². The maximum Gasteiger partial charge on any atom is 0.0253 e. The van der Waals surface area contributed by atoms with Gasteiger partial charge in [-0.2, -0.15) is 0 Å². The van der Waals surface area contributed by atoms with E-state index in [0.717, 1.165) is 6.54 Å². The summed E-state index contributed by atoms with van der Waals surface area (Å²) >= 11 is 0. The molecule has 1 N–H and O–H groups in total. The van der Waals surface area contributed by atoms with Crippen LogP contribution >= 0.6 is 0 Å². The van der Waals surface area contributed by atoms with Crippen LogP contribution < -0.4 is 5.32 Å². The molecule has 1 atom stereocenters. The van der Waals surface area contributed by atoms with Crippen molar-refractivity contribution in [3.8, 4) is 0 Å². The Hall–Kier alpha value is -1.08. The zero-order valence-electron chi connectivity index (χ0n) is 10.9. The average Bonchev–Trinajstić information content (AvgIpc) is 2.38. The van der Waals surface area contributed by atoms with Gasteiger partial charge in [0.25, 0.3) is 0 Å². The molecule has 1 aliphatic rings. The minimum atomic E-state index is 0.577. The molecule has 1 heteroatoms. The third-order valence-corrected chi connectivity index (χ3v) is 3.47. The van der Waals surface area contributed by atoms with Gasteiger partial charge >= 0.3 is 0 Å². The number of rotatable bonds is 4. The maximum absolute atomic E-state index is 3.60. The van der Waals surface area contributed by atoms with Gasteiger partial charge in [-0.25, -0.2) is 0 Å². The van der Waals surface area contributed by atoms with Crippen molar-refractivity contribution in [3.05, 3.63) is 47.5 Å². The molecule has 0 aliphatic heterocycles. The summed E-state index contributed by atoms with van der Waals surface area (Å²) in [7, 11) is 0. The monoisotopic (exact) mass is 229 g/mol. The number of hydrogen-bond donors (Lipinski definition) is 1. The van der Waals surface area contributed by atoms with E-state index in [1.807, 2.05) is 0 Å². The molecule has 2 rings (SSSR count). The molecule has 0 spiro atoms. The fraction of sp³-hybridized carbons (Fsp3) is 0.500. The minimum absolute atomic E-state index is 0.577. The summed E-state index contributed by atoms with van der Waals surface area (Å²) in [5, 5.41) is 3.60. The van der Waals surface area contributed by atoms with Crippen molar-refractivity contribution >= 4 is 0 Å². The molecule has 0 aromatic heterocycles. The molecular formula is C16H23N. The molecule has 0 radical (unpaired) electrons. The largest absolute Gasteiger partial charge is 0.306 e. The van der Waals surface area contributed by atoms with Crippen molar-refractivity contribution in [2.24, 2.45) is 0 Å². The highest BCUT2D eigenvalue weighted by molar-refractivity contribution is 5.24. The topological polar surface area (TPSA) is 12.0 Å². The first-order chi connectivity index (χ1) is 8.25. The van der Waals surface area contributed by atoms with Gasteiger partial charge < -0.3 is 5.32 Å². The number of nitrogens with one attached hydrogen (secondary N) is 1. The van der Waals surface area contributed by atoms with Gasteiger partial charge in [-0.15, -0.1) is 0 Å². The molecule has 0 heterocycles. The van der Waals surface area contributed by atoms with Gasteiger partial charge in [0.1, 0.15) is 0 Å². The summed E-state index contributed by atoms with van der Waals surface area (Å²) < 4.78 is 0. The Kier molecular flexibility index (Phi) is 4.38. The van der Waals surface area contributed by atoms with Crippen molar-refractivity contribution in [1.82, 2.24) is 5.32 Å². The highest BCUT2D eigenvalue weighted by atomic mass is 14.9. The first-order valence-corrected chi connectivity index (χ1v) is 6.74. The lowest BCUT2D eigenvalue weighted by atomic mass is 10.0. The van der Waals surface area contributed by atoms with Crippen LogP contribution in [0.2, 0.25) is 0 Å². The van der Waals surface area contributed by atoms with Crippen molar-refractivity contribution < 1.29 is 0 Å². The van der Waals surface area contributed by atoms with E-state index in [4.69, 9.17) is 0 Å². The lowest BCUT2D eigenvalue weighted by Crippen LogP contribution is -2.27. The minimum Gasteiger partial charge on any atom is -0.306 e. The molecule has 17 heavy (non-hydrogen) atoms. The smallest absolute Gasteiger partial charge is 0.0253 e. The van der Waals surface area contributed by atoms with E-state index < -0.39 is 0 Å². The quantitative estimate of drug-likeness (QED) is 0.769. The van der Waals surface area contributed by atoms with E-state index in [2.05, 4.69) is 55.6 Å². The first-order valence-electron chi connectivity index (χ1n) is 6.74. The Morgan fingerprint density at radius 3 is 2.59 bits per heavy atom. The molecule has 0 saturated carbocycles. The van der Waals surface area contributed by atoms with E-state index in [1.165, 1.54) is 30.4 Å². The van der Waals surface area contributed by atoms with Crippen LogP contribution in [0.15, 0.2) is 36.4 Å². The van der Waals surface area contributed by atoms with Gasteiger partial charge in [-0.3, -0.25) is 0 Å². The average molecular weight is 229 g/mol. The Labute approximate surface area is 105 Å². The third kappa shape index (κ3) is 3.71. The van der Waals surface area contributed by atoms with Crippen molar-refractivity contribution in [3.63, 3.8) is 0 Å². The molecule has 1 aliphatic carbocycles. The lowest BCUT2D eigenvalue weighted by molar-refractivity contribution is 0.522. The van der Waals surface area contributed by atoms with Crippen LogP contribution in [0.1, 0.15) is 50.2 Å². The Balaban J connectivity index is 1.86. The van der Waals surface area contributed by atoms with Crippen LogP contribution in [-0.4, -0.2) is 6.04 Å². The molecule has 1 nitrogen and oxygen atoms in total. The van der Waals surface area contributed by atoms with E-state index in [-0.39, 0.29) is 0 Å². The van der Waals surface area contributed by atoms with Crippen LogP contribution in [0.4, 0.5) is 0 Å². The maximum atomic E-state index is 3.60. The highest BCUT2D eigenvalue weighted by Crippen LogP contribution is 2.15. The van der Waals surface area contributed by atoms with Gasteiger partial charge in [0.2, 0.25) is 0 Å². The molecular weight excluding hydrogens is 206 g/mol. The zero-order valence-corrected chi connectivity index (χ0v) is 10.9. The van der Waals surface area contributed by atoms with Crippen LogP contribution in [0, 0.1) is 0 Å². The molecule has 1 aromatic carbocycles. The molecule has 92 valence electrons. The second-order valence-electron chi connectivity index (χ2n) is 5.24. The van der Waals surface area contributed by atoms with E-state index in [1.54, 1.807) is 0 Å². The van der Waals surface area contributed by atoms with Crippen LogP contribution in [0.25, 0.3) is 0 Å².